The molecule has 1 aliphatic rings. The fourth-order valence-electron chi connectivity index (χ4n) is 4.01. The van der Waals surface area contributed by atoms with Gasteiger partial charge in [0.05, 0.1) is 24.4 Å². The van der Waals surface area contributed by atoms with Crippen LogP contribution in [0.3, 0.4) is 0 Å². The Bertz CT molecular complexity index is 1330. The van der Waals surface area contributed by atoms with Gasteiger partial charge < -0.3 is 14.3 Å². The number of carbonyl (C=O) groups excluding carboxylic acids is 1. The Morgan fingerprint density at radius 3 is 2.50 bits per heavy atom. The average molecular weight is 473 g/mol. The average Bonchev–Trinajstić information content (AvgIpc) is 3.54. The van der Waals surface area contributed by atoms with E-state index in [4.69, 9.17) is 13.9 Å². The first-order valence-corrected chi connectivity index (χ1v) is 12.1. The van der Waals surface area contributed by atoms with Crippen LogP contribution in [0, 0.1) is 6.92 Å². The smallest absolute Gasteiger partial charge is 0.322 e. The molecule has 1 aliphatic heterocycles. The van der Waals surface area contributed by atoms with Crippen molar-refractivity contribution in [2.45, 2.75) is 31.3 Å². The molecule has 0 aliphatic carbocycles. The molecule has 2 amide bonds. The van der Waals surface area contributed by atoms with E-state index in [1.165, 1.54) is 0 Å². The summed E-state index contributed by atoms with van der Waals surface area (Å²) in [4.78, 5) is 20.6. The summed E-state index contributed by atoms with van der Waals surface area (Å²) < 4.78 is 11.2. The van der Waals surface area contributed by atoms with Crippen molar-refractivity contribution in [2.24, 2.45) is 0 Å². The van der Waals surface area contributed by atoms with Gasteiger partial charge in [-0.15, -0.1) is 11.8 Å². The third kappa shape index (κ3) is 4.24. The van der Waals surface area contributed by atoms with Gasteiger partial charge in [-0.1, -0.05) is 47.1 Å². The van der Waals surface area contributed by atoms with Crippen LogP contribution in [0.15, 0.2) is 86.5 Å². The summed E-state index contributed by atoms with van der Waals surface area (Å²) in [6.45, 7) is 4.23. The lowest BCUT2D eigenvalue weighted by Gasteiger charge is -2.34. The van der Waals surface area contributed by atoms with E-state index in [2.05, 4.69) is 10.5 Å². The highest BCUT2D eigenvalue weighted by Crippen LogP contribution is 2.38. The number of hydrogen-bond donors (Lipinski definition) is 1. The van der Waals surface area contributed by atoms with E-state index in [0.717, 1.165) is 32.9 Å². The van der Waals surface area contributed by atoms with E-state index < -0.39 is 6.04 Å². The number of rotatable bonds is 6. The maximum atomic E-state index is 13.1. The van der Waals surface area contributed by atoms with Gasteiger partial charge in [-0.25, -0.2) is 4.79 Å². The Morgan fingerprint density at radius 1 is 1.06 bits per heavy atom. The molecule has 0 saturated heterocycles. The summed E-state index contributed by atoms with van der Waals surface area (Å²) >= 11 is 1.67. The molecule has 0 saturated carbocycles. The molecule has 1 unspecified atom stereocenters. The third-order valence-electron chi connectivity index (χ3n) is 5.91. The largest absolute Gasteiger partial charge is 0.467 e. The summed E-state index contributed by atoms with van der Waals surface area (Å²) in [5.41, 5.74) is 4.45. The lowest BCUT2D eigenvalue weighted by Crippen LogP contribution is -2.45. The number of nitrogens with zero attached hydrogens (tertiary/aromatic N) is 3. The van der Waals surface area contributed by atoms with Gasteiger partial charge in [0.1, 0.15) is 5.76 Å². The molecule has 2 aromatic heterocycles. The van der Waals surface area contributed by atoms with Crippen LogP contribution in [-0.2, 0) is 6.54 Å². The van der Waals surface area contributed by atoms with Gasteiger partial charge in [0.15, 0.2) is 0 Å². The van der Waals surface area contributed by atoms with Crippen molar-refractivity contribution in [3.8, 4) is 11.4 Å². The van der Waals surface area contributed by atoms with Gasteiger partial charge in [-0.05, 0) is 49.9 Å². The molecule has 3 heterocycles. The highest BCUT2D eigenvalue weighted by molar-refractivity contribution is 7.98. The first-order chi connectivity index (χ1) is 16.5. The monoisotopic (exact) mass is 472 g/mol. The maximum absolute atomic E-state index is 13.1. The zero-order valence-electron chi connectivity index (χ0n) is 19.1. The number of carbonyl (C=O) groups is 1. The van der Waals surface area contributed by atoms with Crippen molar-refractivity contribution in [3.63, 3.8) is 0 Å². The predicted molar refractivity (Wildman–Crippen MR) is 131 cm³/mol. The van der Waals surface area contributed by atoms with Crippen LogP contribution < -0.4 is 5.32 Å². The van der Waals surface area contributed by atoms with Crippen LogP contribution in [0.4, 0.5) is 4.79 Å². The number of hydrogen-bond acceptors (Lipinski definition) is 6. The lowest BCUT2D eigenvalue weighted by molar-refractivity contribution is 0.199. The van der Waals surface area contributed by atoms with Gasteiger partial charge >= 0.3 is 6.03 Å². The molecule has 4 aromatic rings. The topological polar surface area (TPSA) is 84.4 Å². The first kappa shape index (κ1) is 22.0. The molecule has 1 atom stereocenters. The van der Waals surface area contributed by atoms with Crippen LogP contribution in [0.1, 0.15) is 35.7 Å². The van der Waals surface area contributed by atoms with Crippen molar-refractivity contribution in [1.29, 1.82) is 0 Å². The predicted octanol–water partition coefficient (Wildman–Crippen LogP) is 6.06. The summed E-state index contributed by atoms with van der Waals surface area (Å²) in [6.07, 6.45) is 3.63. The van der Waals surface area contributed by atoms with Gasteiger partial charge in [-0.3, -0.25) is 4.90 Å². The van der Waals surface area contributed by atoms with Gasteiger partial charge in [-0.2, -0.15) is 4.98 Å². The fourth-order valence-corrected chi connectivity index (χ4v) is 4.41. The number of allylic oxidation sites excluding steroid dienone is 1. The van der Waals surface area contributed by atoms with Gasteiger partial charge in [0.2, 0.25) is 5.82 Å². The molecule has 0 bridgehead atoms. The molecule has 0 radical (unpaired) electrons. The molecule has 2 aromatic carbocycles. The van der Waals surface area contributed by atoms with E-state index in [9.17, 15) is 4.79 Å². The first-order valence-electron chi connectivity index (χ1n) is 10.9. The summed E-state index contributed by atoms with van der Waals surface area (Å²) in [7, 11) is 0. The van der Waals surface area contributed by atoms with Gasteiger partial charge in [0, 0.05) is 16.2 Å². The fraction of sp³-hybridized carbons (Fsp3) is 0.192. The minimum atomic E-state index is -0.428. The molecule has 1 N–H and O–H groups in total. The molecular formula is C26H24N4O3S. The molecule has 8 heteroatoms. The van der Waals surface area contributed by atoms with E-state index in [0.29, 0.717) is 24.0 Å². The zero-order valence-corrected chi connectivity index (χ0v) is 19.9. The molecule has 172 valence electrons. The Labute approximate surface area is 201 Å². The second-order valence-electron chi connectivity index (χ2n) is 8.11. The number of nitrogens with one attached hydrogen (secondary N) is 1. The molecule has 7 nitrogen and oxygen atoms in total. The van der Waals surface area contributed by atoms with Crippen LogP contribution in [0.5, 0.6) is 0 Å². The SMILES string of the molecule is CSc1ccc(C2NC(=O)N(Cc3ccco3)C(C)=C2c2nc(-c3ccc(C)cc3)no2)cc1. The summed E-state index contributed by atoms with van der Waals surface area (Å²) in [6, 6.07) is 19.1. The van der Waals surface area contributed by atoms with Crippen molar-refractivity contribution in [3.05, 3.63) is 95.4 Å². The molecule has 34 heavy (non-hydrogen) atoms. The van der Waals surface area contributed by atoms with Crippen LogP contribution in [0.25, 0.3) is 17.0 Å². The number of amides is 2. The quantitative estimate of drug-likeness (QED) is 0.344. The number of aromatic nitrogens is 2. The zero-order chi connectivity index (χ0) is 23.7. The second-order valence-corrected chi connectivity index (χ2v) is 8.99. The molecule has 0 fully saturated rings. The number of thioether (sulfide) groups is 1. The maximum Gasteiger partial charge on any atom is 0.322 e. The van der Waals surface area contributed by atoms with Crippen LogP contribution in [-0.4, -0.2) is 27.3 Å². The Balaban J connectivity index is 1.58. The number of urea groups is 1. The van der Waals surface area contributed by atoms with E-state index in [1.807, 2.05) is 74.7 Å². The number of aryl methyl sites for hydroxylation is 1. The molecular weight excluding hydrogens is 448 g/mol. The van der Waals surface area contributed by atoms with Crippen molar-refractivity contribution in [2.75, 3.05) is 6.26 Å². The molecule has 0 spiro atoms. The summed E-state index contributed by atoms with van der Waals surface area (Å²) in [5, 5.41) is 7.35. The highest BCUT2D eigenvalue weighted by atomic mass is 32.2. The highest BCUT2D eigenvalue weighted by Gasteiger charge is 2.36. The van der Waals surface area contributed by atoms with Gasteiger partial charge in [0.25, 0.3) is 5.89 Å². The third-order valence-corrected chi connectivity index (χ3v) is 6.65. The normalized spacial score (nSPS) is 16.1. The second kappa shape index (κ2) is 9.23. The van der Waals surface area contributed by atoms with Crippen LogP contribution >= 0.6 is 11.8 Å². The van der Waals surface area contributed by atoms with E-state index in [1.54, 1.807) is 29.0 Å². The summed E-state index contributed by atoms with van der Waals surface area (Å²) in [5.74, 6) is 1.56. The standard InChI is InChI=1S/C26H24N4O3S/c1-16-6-8-19(9-7-16)24-28-25(33-29-24)22-17(2)30(15-20-5-4-14-32-20)26(31)27-23(22)18-10-12-21(34-3)13-11-18/h4-14,23H,15H2,1-3H3,(H,27,31). The molecule has 5 rings (SSSR count). The minimum absolute atomic E-state index is 0.213. The Morgan fingerprint density at radius 2 is 1.82 bits per heavy atom. The lowest BCUT2D eigenvalue weighted by atomic mass is 9.94. The minimum Gasteiger partial charge on any atom is -0.467 e. The number of furan rings is 1. The Hall–Kier alpha value is -3.78. The van der Waals surface area contributed by atoms with Crippen molar-refractivity contribution < 1.29 is 13.7 Å². The van der Waals surface area contributed by atoms with E-state index in [-0.39, 0.29) is 6.03 Å². The van der Waals surface area contributed by atoms with E-state index >= 15 is 0 Å². The Kier molecular flexibility index (Phi) is 5.98. The van der Waals surface area contributed by atoms with Crippen molar-refractivity contribution >= 4 is 23.4 Å². The van der Waals surface area contributed by atoms with Crippen LogP contribution in [0.2, 0.25) is 0 Å². The van der Waals surface area contributed by atoms with Crippen molar-refractivity contribution in [1.82, 2.24) is 20.4 Å². The number of benzene rings is 2.